The predicted octanol–water partition coefficient (Wildman–Crippen LogP) is 3.02. The summed E-state index contributed by atoms with van der Waals surface area (Å²) in [5.74, 6) is 1.94. The van der Waals surface area contributed by atoms with Crippen molar-refractivity contribution in [2.24, 2.45) is 0 Å². The van der Waals surface area contributed by atoms with Crippen molar-refractivity contribution in [3.63, 3.8) is 0 Å². The highest BCUT2D eigenvalue weighted by atomic mass is 32.2. The van der Waals surface area contributed by atoms with Crippen molar-refractivity contribution in [3.05, 3.63) is 29.8 Å². The number of hydrogen-bond donors (Lipinski definition) is 1. The van der Waals surface area contributed by atoms with Crippen LogP contribution in [0.3, 0.4) is 0 Å². The van der Waals surface area contributed by atoms with Gasteiger partial charge < -0.3 is 10.2 Å². The second kappa shape index (κ2) is 4.78. The van der Waals surface area contributed by atoms with Gasteiger partial charge in [-0.1, -0.05) is 18.2 Å². The first-order chi connectivity index (χ1) is 8.64. The van der Waals surface area contributed by atoms with Gasteiger partial charge in [0.15, 0.2) is 0 Å². The zero-order valence-electron chi connectivity index (χ0n) is 11.3. The van der Waals surface area contributed by atoms with Gasteiger partial charge >= 0.3 is 0 Å². The predicted molar refractivity (Wildman–Crippen MR) is 80.6 cm³/mol. The summed E-state index contributed by atoms with van der Waals surface area (Å²) in [6.45, 7) is 9.50. The smallest absolute Gasteiger partial charge is 0.0376 e. The van der Waals surface area contributed by atoms with Crippen LogP contribution >= 0.6 is 11.8 Å². The van der Waals surface area contributed by atoms with E-state index in [2.05, 4.69) is 60.1 Å². The van der Waals surface area contributed by atoms with Crippen LogP contribution in [-0.4, -0.2) is 41.6 Å². The molecule has 1 saturated heterocycles. The third-order valence-corrected chi connectivity index (χ3v) is 5.22. The summed E-state index contributed by atoms with van der Waals surface area (Å²) in [6, 6.07) is 8.76. The van der Waals surface area contributed by atoms with Gasteiger partial charge in [-0.05, 0) is 25.5 Å². The summed E-state index contributed by atoms with van der Waals surface area (Å²) in [6.07, 6.45) is 0. The lowest BCUT2D eigenvalue weighted by atomic mass is 10.00. The van der Waals surface area contributed by atoms with Crippen LogP contribution in [0.1, 0.15) is 25.3 Å². The van der Waals surface area contributed by atoms with Gasteiger partial charge in [0.25, 0.3) is 0 Å². The Labute approximate surface area is 114 Å². The third-order valence-electron chi connectivity index (χ3n) is 3.92. The molecule has 1 aromatic rings. The molecule has 0 aliphatic carbocycles. The Morgan fingerprint density at radius 3 is 3.06 bits per heavy atom. The molecule has 98 valence electrons. The maximum Gasteiger partial charge on any atom is 0.0376 e. The Morgan fingerprint density at radius 1 is 1.39 bits per heavy atom. The summed E-state index contributed by atoms with van der Waals surface area (Å²) >= 11 is 2.11. The van der Waals surface area contributed by atoms with Crippen molar-refractivity contribution < 1.29 is 0 Å². The highest BCUT2D eigenvalue weighted by Gasteiger charge is 2.30. The van der Waals surface area contributed by atoms with Crippen LogP contribution in [0.2, 0.25) is 0 Å². The van der Waals surface area contributed by atoms with E-state index >= 15 is 0 Å². The van der Waals surface area contributed by atoms with E-state index in [4.69, 9.17) is 0 Å². The topological polar surface area (TPSA) is 15.3 Å². The monoisotopic (exact) mass is 262 g/mol. The van der Waals surface area contributed by atoms with Gasteiger partial charge in [-0.25, -0.2) is 0 Å². The second-order valence-electron chi connectivity index (χ2n) is 6.01. The van der Waals surface area contributed by atoms with Crippen LogP contribution in [0.5, 0.6) is 0 Å². The van der Waals surface area contributed by atoms with Crippen LogP contribution in [0.25, 0.3) is 0 Å². The molecule has 0 spiro atoms. The molecule has 0 saturated carbocycles. The van der Waals surface area contributed by atoms with Crippen LogP contribution in [0.15, 0.2) is 24.3 Å². The summed E-state index contributed by atoms with van der Waals surface area (Å²) in [7, 11) is 0. The molecule has 1 atom stereocenters. The Hall–Kier alpha value is -0.670. The van der Waals surface area contributed by atoms with Crippen molar-refractivity contribution in [2.45, 2.75) is 24.5 Å². The van der Waals surface area contributed by atoms with Gasteiger partial charge in [0, 0.05) is 48.3 Å². The van der Waals surface area contributed by atoms with Crippen molar-refractivity contribution >= 4 is 17.4 Å². The lowest BCUT2D eigenvalue weighted by Crippen LogP contribution is -2.44. The quantitative estimate of drug-likeness (QED) is 0.882. The van der Waals surface area contributed by atoms with Gasteiger partial charge in [0.2, 0.25) is 0 Å². The molecular formula is C15H22N2S. The number of nitrogens with zero attached hydrogens (tertiary/aromatic N) is 1. The third kappa shape index (κ3) is 2.52. The first kappa shape index (κ1) is 12.4. The molecule has 0 radical (unpaired) electrons. The molecule has 0 amide bonds. The minimum atomic E-state index is 0.420. The molecule has 0 aromatic heterocycles. The summed E-state index contributed by atoms with van der Waals surface area (Å²) in [4.78, 5) is 2.64. The van der Waals surface area contributed by atoms with E-state index in [1.807, 2.05) is 0 Å². The lowest BCUT2D eigenvalue weighted by molar-refractivity contribution is 0.249. The first-order valence-corrected chi connectivity index (χ1v) is 7.82. The molecule has 3 heteroatoms. The average molecular weight is 262 g/mol. The highest BCUT2D eigenvalue weighted by molar-refractivity contribution is 8.00. The summed E-state index contributed by atoms with van der Waals surface area (Å²) < 4.78 is 0.420. The Morgan fingerprint density at radius 2 is 2.22 bits per heavy atom. The number of nitrogens with one attached hydrogen (secondary N) is 1. The van der Waals surface area contributed by atoms with Crippen LogP contribution < -0.4 is 5.32 Å². The molecule has 2 aliphatic heterocycles. The molecular weight excluding hydrogens is 240 g/mol. The maximum absolute atomic E-state index is 3.53. The summed E-state index contributed by atoms with van der Waals surface area (Å²) in [5, 5.41) is 3.53. The number of thioether (sulfide) groups is 1. The minimum absolute atomic E-state index is 0.420. The van der Waals surface area contributed by atoms with Crippen LogP contribution in [0.4, 0.5) is 5.69 Å². The number of benzene rings is 1. The van der Waals surface area contributed by atoms with Crippen molar-refractivity contribution in [1.29, 1.82) is 0 Å². The van der Waals surface area contributed by atoms with Gasteiger partial charge in [-0.15, -0.1) is 0 Å². The first-order valence-electron chi connectivity index (χ1n) is 6.83. The van der Waals surface area contributed by atoms with Crippen LogP contribution in [0, 0.1) is 0 Å². The molecule has 1 aromatic carbocycles. The van der Waals surface area contributed by atoms with E-state index in [1.165, 1.54) is 36.6 Å². The zero-order chi connectivity index (χ0) is 12.6. The molecule has 2 heterocycles. The zero-order valence-corrected chi connectivity index (χ0v) is 12.1. The Kier molecular flexibility index (Phi) is 3.29. The molecule has 18 heavy (non-hydrogen) atoms. The van der Waals surface area contributed by atoms with Crippen molar-refractivity contribution in [3.8, 4) is 0 Å². The number of para-hydroxylation sites is 1. The van der Waals surface area contributed by atoms with Gasteiger partial charge in [0.05, 0.1) is 0 Å². The number of anilines is 1. The fourth-order valence-corrected chi connectivity index (χ4v) is 4.28. The van der Waals surface area contributed by atoms with Crippen molar-refractivity contribution in [2.75, 3.05) is 37.2 Å². The molecule has 1 fully saturated rings. The molecule has 3 rings (SSSR count). The maximum atomic E-state index is 3.53. The lowest BCUT2D eigenvalue weighted by Gasteiger charge is -2.38. The highest BCUT2D eigenvalue weighted by Crippen LogP contribution is 2.34. The molecule has 2 aliphatic rings. The van der Waals surface area contributed by atoms with E-state index in [9.17, 15) is 0 Å². The van der Waals surface area contributed by atoms with Gasteiger partial charge in [-0.3, -0.25) is 0 Å². The van der Waals surface area contributed by atoms with E-state index in [1.54, 1.807) is 0 Å². The fraction of sp³-hybridized carbons (Fsp3) is 0.600. The number of hydrogen-bond acceptors (Lipinski definition) is 3. The average Bonchev–Trinajstić information content (AvgIpc) is 2.72. The Balaban J connectivity index is 1.68. The standard InChI is InChI=1S/C15H22N2S/c1-15(2)11-17(7-8-18-15)10-12-9-16-14-6-4-3-5-13(12)14/h3-6,12,16H,7-11H2,1-2H3. The van der Waals surface area contributed by atoms with E-state index in [0.29, 0.717) is 10.7 Å². The molecule has 0 bridgehead atoms. The SMILES string of the molecule is CC1(C)CN(CC2CNc3ccccc32)CCS1. The largest absolute Gasteiger partial charge is 0.384 e. The molecule has 2 nitrogen and oxygen atoms in total. The number of fused-ring (bicyclic) bond motifs is 1. The van der Waals surface area contributed by atoms with E-state index in [-0.39, 0.29) is 0 Å². The Bertz CT molecular complexity index is 430. The van der Waals surface area contributed by atoms with E-state index in [0.717, 1.165) is 6.54 Å². The normalized spacial score (nSPS) is 26.7. The van der Waals surface area contributed by atoms with Crippen molar-refractivity contribution in [1.82, 2.24) is 4.90 Å². The molecule has 1 N–H and O–H groups in total. The fourth-order valence-electron chi connectivity index (χ4n) is 3.10. The number of rotatable bonds is 2. The summed E-state index contributed by atoms with van der Waals surface area (Å²) in [5.41, 5.74) is 2.85. The molecule has 1 unspecified atom stereocenters. The van der Waals surface area contributed by atoms with Gasteiger partial charge in [0.1, 0.15) is 0 Å². The van der Waals surface area contributed by atoms with E-state index < -0.39 is 0 Å². The second-order valence-corrected chi connectivity index (χ2v) is 7.81. The van der Waals surface area contributed by atoms with Gasteiger partial charge in [-0.2, -0.15) is 11.8 Å². The van der Waals surface area contributed by atoms with Crippen LogP contribution in [-0.2, 0) is 0 Å². The minimum Gasteiger partial charge on any atom is -0.384 e.